The standard InChI is InChI=1S/C21H38N5O3/c1-21(2,3)29-20(28)26-12-7-16(8-13-26)18(17-6-4-5-9-23-17)24-19(27)25-14-10-22-11-15-25/h16-18,22H,4-15H2,1-3H3,(H,24,27). The molecule has 0 aromatic rings. The van der Waals surface area contributed by atoms with Crippen LogP contribution in [0.5, 0.6) is 0 Å². The third kappa shape index (κ3) is 6.47. The zero-order chi connectivity index (χ0) is 20.9. The number of nitrogens with zero attached hydrogens (tertiary/aromatic N) is 3. The minimum Gasteiger partial charge on any atom is -0.444 e. The number of rotatable bonds is 3. The molecule has 3 aliphatic heterocycles. The van der Waals surface area contributed by atoms with Gasteiger partial charge in [-0.3, -0.25) is 0 Å². The summed E-state index contributed by atoms with van der Waals surface area (Å²) in [6.07, 6.45) is 4.87. The molecule has 2 atom stereocenters. The first-order valence-corrected chi connectivity index (χ1v) is 11.2. The molecule has 165 valence electrons. The molecule has 3 saturated heterocycles. The first kappa shape index (κ1) is 22.2. The predicted molar refractivity (Wildman–Crippen MR) is 112 cm³/mol. The zero-order valence-electron chi connectivity index (χ0n) is 18.3. The fourth-order valence-electron chi connectivity index (χ4n) is 4.50. The lowest BCUT2D eigenvalue weighted by Gasteiger charge is -2.41. The van der Waals surface area contributed by atoms with Crippen LogP contribution in [0.1, 0.15) is 52.9 Å². The van der Waals surface area contributed by atoms with Crippen LogP contribution in [-0.4, -0.2) is 85.4 Å². The average molecular weight is 409 g/mol. The zero-order valence-corrected chi connectivity index (χ0v) is 18.3. The number of nitrogens with one attached hydrogen (secondary N) is 2. The van der Waals surface area contributed by atoms with Crippen molar-refractivity contribution in [1.29, 1.82) is 0 Å². The first-order valence-electron chi connectivity index (χ1n) is 11.2. The molecule has 29 heavy (non-hydrogen) atoms. The fraction of sp³-hybridized carbons (Fsp3) is 0.905. The van der Waals surface area contributed by atoms with Crippen LogP contribution in [0.4, 0.5) is 9.59 Å². The lowest BCUT2D eigenvalue weighted by molar-refractivity contribution is 0.0160. The third-order valence-corrected chi connectivity index (χ3v) is 6.08. The molecule has 3 heterocycles. The molecular weight excluding hydrogens is 370 g/mol. The van der Waals surface area contributed by atoms with Gasteiger partial charge in [-0.15, -0.1) is 0 Å². The summed E-state index contributed by atoms with van der Waals surface area (Å²) >= 11 is 0. The molecule has 0 aliphatic carbocycles. The highest BCUT2D eigenvalue weighted by molar-refractivity contribution is 5.74. The van der Waals surface area contributed by atoms with Gasteiger partial charge in [0.25, 0.3) is 0 Å². The van der Waals surface area contributed by atoms with Gasteiger partial charge in [-0.05, 0) is 52.4 Å². The largest absolute Gasteiger partial charge is 0.444 e. The molecule has 0 bridgehead atoms. The van der Waals surface area contributed by atoms with Gasteiger partial charge >= 0.3 is 12.1 Å². The number of amides is 3. The van der Waals surface area contributed by atoms with Crippen molar-refractivity contribution in [3.05, 3.63) is 0 Å². The highest BCUT2D eigenvalue weighted by atomic mass is 16.6. The number of ether oxygens (including phenoxy) is 1. The van der Waals surface area contributed by atoms with E-state index < -0.39 is 5.60 Å². The Morgan fingerprint density at radius 1 is 1.03 bits per heavy atom. The third-order valence-electron chi connectivity index (χ3n) is 6.08. The Morgan fingerprint density at radius 3 is 2.31 bits per heavy atom. The van der Waals surface area contributed by atoms with Crippen molar-refractivity contribution in [3.8, 4) is 0 Å². The summed E-state index contributed by atoms with van der Waals surface area (Å²) in [6.45, 7) is 11.1. The molecule has 8 heteroatoms. The van der Waals surface area contributed by atoms with Crippen molar-refractivity contribution >= 4 is 12.1 Å². The molecule has 8 nitrogen and oxygen atoms in total. The molecular formula is C21H38N5O3. The summed E-state index contributed by atoms with van der Waals surface area (Å²) < 4.78 is 5.52. The van der Waals surface area contributed by atoms with Crippen molar-refractivity contribution in [2.24, 2.45) is 5.92 Å². The van der Waals surface area contributed by atoms with Crippen molar-refractivity contribution < 1.29 is 14.3 Å². The molecule has 0 saturated carbocycles. The van der Waals surface area contributed by atoms with Crippen LogP contribution in [0.3, 0.4) is 0 Å². The molecule has 2 N–H and O–H groups in total. The Bertz CT molecular complexity index is 545. The predicted octanol–water partition coefficient (Wildman–Crippen LogP) is 1.77. The Hall–Kier alpha value is -1.54. The average Bonchev–Trinajstić information content (AvgIpc) is 2.72. The molecule has 0 aromatic carbocycles. The van der Waals surface area contributed by atoms with Crippen LogP contribution in [-0.2, 0) is 4.74 Å². The van der Waals surface area contributed by atoms with Crippen LogP contribution in [0.15, 0.2) is 0 Å². The maximum absolute atomic E-state index is 12.9. The van der Waals surface area contributed by atoms with Crippen LogP contribution in [0.25, 0.3) is 0 Å². The van der Waals surface area contributed by atoms with Crippen LogP contribution in [0.2, 0.25) is 0 Å². The smallest absolute Gasteiger partial charge is 0.410 e. The van der Waals surface area contributed by atoms with E-state index in [2.05, 4.69) is 10.6 Å². The van der Waals surface area contributed by atoms with Gasteiger partial charge in [0.15, 0.2) is 0 Å². The van der Waals surface area contributed by atoms with Crippen molar-refractivity contribution in [3.63, 3.8) is 0 Å². The van der Waals surface area contributed by atoms with E-state index in [0.717, 1.165) is 58.4 Å². The van der Waals surface area contributed by atoms with Crippen molar-refractivity contribution in [2.75, 3.05) is 45.8 Å². The van der Waals surface area contributed by atoms with Gasteiger partial charge in [-0.1, -0.05) is 6.42 Å². The lowest BCUT2D eigenvalue weighted by Crippen LogP contribution is -2.59. The number of piperazine rings is 1. The van der Waals surface area contributed by atoms with E-state index in [1.54, 1.807) is 4.90 Å². The monoisotopic (exact) mass is 408 g/mol. The second-order valence-electron chi connectivity index (χ2n) is 9.49. The normalized spacial score (nSPS) is 25.4. The summed E-state index contributed by atoms with van der Waals surface area (Å²) in [6, 6.07) is 0.277. The number of likely N-dealkylation sites (tertiary alicyclic amines) is 1. The van der Waals surface area contributed by atoms with Crippen LogP contribution < -0.4 is 16.0 Å². The highest BCUT2D eigenvalue weighted by Gasteiger charge is 2.37. The maximum Gasteiger partial charge on any atom is 0.410 e. The van der Waals surface area contributed by atoms with E-state index in [1.807, 2.05) is 25.7 Å². The van der Waals surface area contributed by atoms with Crippen LogP contribution in [0, 0.1) is 5.92 Å². The van der Waals surface area contributed by atoms with Gasteiger partial charge in [0.2, 0.25) is 0 Å². The summed E-state index contributed by atoms with van der Waals surface area (Å²) in [7, 11) is 0. The first-order chi connectivity index (χ1) is 13.8. The highest BCUT2D eigenvalue weighted by Crippen LogP contribution is 2.27. The summed E-state index contributed by atoms with van der Waals surface area (Å²) in [5.74, 6) is 0.340. The summed E-state index contributed by atoms with van der Waals surface area (Å²) in [5.41, 5.74) is -0.477. The van der Waals surface area contributed by atoms with E-state index in [-0.39, 0.29) is 24.2 Å². The van der Waals surface area contributed by atoms with Gasteiger partial charge in [0, 0.05) is 51.9 Å². The van der Waals surface area contributed by atoms with Gasteiger partial charge < -0.3 is 25.2 Å². The second-order valence-corrected chi connectivity index (χ2v) is 9.49. The van der Waals surface area contributed by atoms with Crippen LogP contribution >= 0.6 is 0 Å². The SMILES string of the molecule is CC(C)(C)OC(=O)N1CCC(C(NC(=O)N2CCNCC2)C2CCCC[N]2)CC1. The Labute approximate surface area is 175 Å². The van der Waals surface area contributed by atoms with Gasteiger partial charge in [-0.2, -0.15) is 0 Å². The molecule has 1 radical (unpaired) electrons. The van der Waals surface area contributed by atoms with E-state index in [0.29, 0.717) is 19.0 Å². The molecule has 3 amide bonds. The number of carbonyl (C=O) groups excluding carboxylic acids is 2. The molecule has 2 unspecified atom stereocenters. The lowest BCUT2D eigenvalue weighted by atomic mass is 9.82. The molecule has 3 aliphatic rings. The number of hydrogen-bond acceptors (Lipinski definition) is 4. The van der Waals surface area contributed by atoms with E-state index in [1.165, 1.54) is 6.42 Å². The fourth-order valence-corrected chi connectivity index (χ4v) is 4.50. The van der Waals surface area contributed by atoms with E-state index >= 15 is 0 Å². The minimum absolute atomic E-state index is 0.0341. The quantitative estimate of drug-likeness (QED) is 0.745. The Morgan fingerprint density at radius 2 is 1.72 bits per heavy atom. The minimum atomic E-state index is -0.477. The maximum atomic E-state index is 12.9. The molecule has 0 spiro atoms. The van der Waals surface area contributed by atoms with Gasteiger partial charge in [-0.25, -0.2) is 14.9 Å². The Kier molecular flexibility index (Phi) is 7.62. The number of urea groups is 1. The van der Waals surface area contributed by atoms with Crippen molar-refractivity contribution in [1.82, 2.24) is 25.8 Å². The topological polar surface area (TPSA) is 88.0 Å². The number of carbonyl (C=O) groups is 2. The van der Waals surface area contributed by atoms with E-state index in [4.69, 9.17) is 10.1 Å². The van der Waals surface area contributed by atoms with Crippen molar-refractivity contribution in [2.45, 2.75) is 70.6 Å². The van der Waals surface area contributed by atoms with E-state index in [9.17, 15) is 9.59 Å². The van der Waals surface area contributed by atoms with Gasteiger partial charge in [0.1, 0.15) is 5.60 Å². The summed E-state index contributed by atoms with van der Waals surface area (Å²) in [5, 5.41) is 11.5. The molecule has 3 rings (SSSR count). The second kappa shape index (κ2) is 9.98. The molecule has 0 aromatic heterocycles. The Balaban J connectivity index is 1.59. The summed E-state index contributed by atoms with van der Waals surface area (Å²) in [4.78, 5) is 29.0. The van der Waals surface area contributed by atoms with Gasteiger partial charge in [0.05, 0.1) is 6.04 Å². The number of hydrogen-bond donors (Lipinski definition) is 2. The molecule has 3 fully saturated rings. The number of piperidine rings is 2.